The molecule has 0 saturated carbocycles. The minimum atomic E-state index is -3.71. The van der Waals surface area contributed by atoms with E-state index >= 15 is 0 Å². The molecule has 0 aliphatic carbocycles. The molecule has 0 aliphatic heterocycles. The van der Waals surface area contributed by atoms with Crippen LogP contribution in [-0.4, -0.2) is 26.0 Å². The van der Waals surface area contributed by atoms with Crippen molar-refractivity contribution in [1.82, 2.24) is 10.0 Å². The minimum absolute atomic E-state index is 0.0497. The molecule has 3 rings (SSSR count). The van der Waals surface area contributed by atoms with Crippen molar-refractivity contribution in [2.24, 2.45) is 5.92 Å². The summed E-state index contributed by atoms with van der Waals surface area (Å²) in [7, 11) is -3.71. The molecule has 1 aromatic heterocycles. The van der Waals surface area contributed by atoms with E-state index in [2.05, 4.69) is 29.2 Å². The van der Waals surface area contributed by atoms with Crippen molar-refractivity contribution in [3.05, 3.63) is 78.3 Å². The molecule has 0 spiro atoms. The van der Waals surface area contributed by atoms with E-state index in [1.807, 2.05) is 0 Å². The van der Waals surface area contributed by atoms with E-state index in [4.69, 9.17) is 21.4 Å². The molecule has 0 saturated heterocycles. The number of carbonyl (C=O) groups excluding carboxylic acids is 1. The Bertz CT molecular complexity index is 1210. The quantitative estimate of drug-likeness (QED) is 0.355. The maximum absolute atomic E-state index is 12.7. The van der Waals surface area contributed by atoms with Gasteiger partial charge in [0.25, 0.3) is 5.91 Å². The van der Waals surface area contributed by atoms with Gasteiger partial charge in [-0.25, -0.2) is 13.1 Å². The van der Waals surface area contributed by atoms with Gasteiger partial charge in [-0.2, -0.15) is 0 Å². The molecule has 0 unspecified atom stereocenters. The number of rotatable bonds is 10. The second kappa shape index (κ2) is 11.8. The molecule has 8 nitrogen and oxygen atoms in total. The lowest BCUT2D eigenvalue weighted by Gasteiger charge is -2.14. The zero-order valence-corrected chi connectivity index (χ0v) is 20.5. The number of anilines is 1. The fourth-order valence-corrected chi connectivity index (χ4v) is 4.10. The van der Waals surface area contributed by atoms with Gasteiger partial charge in [0, 0.05) is 5.69 Å². The molecule has 180 valence electrons. The van der Waals surface area contributed by atoms with Crippen LogP contribution >= 0.6 is 12.2 Å². The highest BCUT2D eigenvalue weighted by Gasteiger charge is 2.16. The van der Waals surface area contributed by atoms with E-state index in [1.54, 1.807) is 48.5 Å². The Morgan fingerprint density at radius 2 is 1.79 bits per heavy atom. The summed E-state index contributed by atoms with van der Waals surface area (Å²) >= 11 is 5.25. The Balaban J connectivity index is 1.56. The third-order valence-corrected chi connectivity index (χ3v) is 6.37. The number of benzene rings is 2. The highest BCUT2D eigenvalue weighted by molar-refractivity contribution is 7.89. The van der Waals surface area contributed by atoms with Gasteiger partial charge < -0.3 is 14.5 Å². The van der Waals surface area contributed by atoms with Crippen LogP contribution in [0, 0.1) is 5.92 Å². The molecule has 10 heteroatoms. The van der Waals surface area contributed by atoms with Crippen molar-refractivity contribution < 1.29 is 22.4 Å². The highest BCUT2D eigenvalue weighted by atomic mass is 32.2. The summed E-state index contributed by atoms with van der Waals surface area (Å²) in [6, 6.07) is 16.3. The van der Waals surface area contributed by atoms with Crippen LogP contribution < -0.4 is 20.1 Å². The SMILES string of the molecule is CC(C)CCOc1ccccc1C(=O)NC(=S)Nc1ccc(S(=O)(=O)NCc2ccco2)cc1. The molecule has 0 atom stereocenters. The third kappa shape index (κ3) is 7.41. The second-order valence-corrected chi connectivity index (χ2v) is 10.0. The first kappa shape index (κ1) is 25.4. The lowest BCUT2D eigenvalue weighted by molar-refractivity contribution is 0.0973. The first-order valence-electron chi connectivity index (χ1n) is 10.7. The van der Waals surface area contributed by atoms with Crippen molar-refractivity contribution in [2.45, 2.75) is 31.7 Å². The van der Waals surface area contributed by atoms with Gasteiger partial charge in [0.1, 0.15) is 11.5 Å². The number of hydrogen-bond donors (Lipinski definition) is 3. The Kier molecular flexibility index (Phi) is 8.80. The van der Waals surface area contributed by atoms with Gasteiger partial charge in [0.2, 0.25) is 10.0 Å². The van der Waals surface area contributed by atoms with E-state index < -0.39 is 15.9 Å². The van der Waals surface area contributed by atoms with Crippen LogP contribution in [0.15, 0.2) is 76.2 Å². The van der Waals surface area contributed by atoms with Gasteiger partial charge in [-0.05, 0) is 73.1 Å². The van der Waals surface area contributed by atoms with Crippen LogP contribution in [0.25, 0.3) is 0 Å². The minimum Gasteiger partial charge on any atom is -0.493 e. The Hall–Kier alpha value is -3.21. The molecular formula is C24H27N3O5S2. The van der Waals surface area contributed by atoms with E-state index in [9.17, 15) is 13.2 Å². The lowest BCUT2D eigenvalue weighted by Crippen LogP contribution is -2.34. The predicted octanol–water partition coefficient (Wildman–Crippen LogP) is 4.31. The number of para-hydroxylation sites is 1. The molecule has 0 bridgehead atoms. The van der Waals surface area contributed by atoms with Crippen LogP contribution in [0.2, 0.25) is 0 Å². The number of hydrogen-bond acceptors (Lipinski definition) is 6. The number of sulfonamides is 1. The van der Waals surface area contributed by atoms with Crippen LogP contribution in [-0.2, 0) is 16.6 Å². The normalized spacial score (nSPS) is 11.3. The van der Waals surface area contributed by atoms with Crippen molar-refractivity contribution in [3.8, 4) is 5.75 Å². The molecule has 34 heavy (non-hydrogen) atoms. The standard InChI is InChI=1S/C24H27N3O5S2/c1-17(2)13-15-32-22-8-4-3-7-21(22)23(28)27-24(33)26-18-9-11-20(12-10-18)34(29,30)25-16-19-6-5-14-31-19/h3-12,14,17,25H,13,15-16H2,1-2H3,(H2,26,27,28,33). The molecule has 0 fully saturated rings. The molecule has 3 N–H and O–H groups in total. The van der Waals surface area contributed by atoms with Crippen LogP contribution in [0.5, 0.6) is 5.75 Å². The molecule has 2 aromatic carbocycles. The Morgan fingerprint density at radius 3 is 2.47 bits per heavy atom. The van der Waals surface area contributed by atoms with Crippen molar-refractivity contribution in [2.75, 3.05) is 11.9 Å². The largest absolute Gasteiger partial charge is 0.493 e. The summed E-state index contributed by atoms with van der Waals surface area (Å²) in [5.41, 5.74) is 0.899. The summed E-state index contributed by atoms with van der Waals surface area (Å²) in [5, 5.41) is 5.58. The summed E-state index contributed by atoms with van der Waals surface area (Å²) in [4.78, 5) is 12.8. The van der Waals surface area contributed by atoms with Gasteiger partial charge in [0.15, 0.2) is 5.11 Å². The van der Waals surface area contributed by atoms with Crippen LogP contribution in [0.4, 0.5) is 5.69 Å². The fraction of sp³-hybridized carbons (Fsp3) is 0.250. The van der Waals surface area contributed by atoms with Crippen molar-refractivity contribution in [3.63, 3.8) is 0 Å². The van der Waals surface area contributed by atoms with E-state index in [0.717, 1.165) is 6.42 Å². The van der Waals surface area contributed by atoms with E-state index in [0.29, 0.717) is 35.3 Å². The number of amides is 1. The van der Waals surface area contributed by atoms with E-state index in [-0.39, 0.29) is 16.6 Å². The summed E-state index contributed by atoms with van der Waals surface area (Å²) in [5.74, 6) is 1.08. The highest BCUT2D eigenvalue weighted by Crippen LogP contribution is 2.19. The molecule has 0 radical (unpaired) electrons. The first-order chi connectivity index (χ1) is 16.2. The van der Waals surface area contributed by atoms with Gasteiger partial charge in [-0.3, -0.25) is 10.1 Å². The van der Waals surface area contributed by atoms with E-state index in [1.165, 1.54) is 18.4 Å². The first-order valence-corrected chi connectivity index (χ1v) is 12.6. The van der Waals surface area contributed by atoms with Crippen molar-refractivity contribution in [1.29, 1.82) is 0 Å². The fourth-order valence-electron chi connectivity index (χ4n) is 2.90. The van der Waals surface area contributed by atoms with Gasteiger partial charge in [-0.15, -0.1) is 0 Å². The summed E-state index contributed by atoms with van der Waals surface area (Å²) < 4.78 is 38.2. The molecule has 0 aliphatic rings. The number of furan rings is 1. The second-order valence-electron chi connectivity index (χ2n) is 7.86. The molecule has 3 aromatic rings. The average molecular weight is 502 g/mol. The topological polar surface area (TPSA) is 110 Å². The van der Waals surface area contributed by atoms with Crippen LogP contribution in [0.3, 0.4) is 0 Å². The van der Waals surface area contributed by atoms with Crippen LogP contribution in [0.1, 0.15) is 36.4 Å². The third-order valence-electron chi connectivity index (χ3n) is 4.75. The smallest absolute Gasteiger partial charge is 0.261 e. The molecular weight excluding hydrogens is 474 g/mol. The average Bonchev–Trinajstić information content (AvgIpc) is 3.32. The van der Waals surface area contributed by atoms with Crippen molar-refractivity contribution >= 4 is 38.9 Å². The monoisotopic (exact) mass is 501 g/mol. The summed E-state index contributed by atoms with van der Waals surface area (Å²) in [6.07, 6.45) is 2.35. The predicted molar refractivity (Wildman–Crippen MR) is 134 cm³/mol. The number of carbonyl (C=O) groups is 1. The number of ether oxygens (including phenoxy) is 1. The zero-order chi connectivity index (χ0) is 24.6. The molecule has 1 heterocycles. The van der Waals surface area contributed by atoms with Gasteiger partial charge in [-0.1, -0.05) is 26.0 Å². The maximum atomic E-state index is 12.7. The van der Waals surface area contributed by atoms with Gasteiger partial charge >= 0.3 is 0 Å². The number of thiocarbonyl (C=S) groups is 1. The van der Waals surface area contributed by atoms with Gasteiger partial charge in [0.05, 0.1) is 29.9 Å². The summed E-state index contributed by atoms with van der Waals surface area (Å²) in [6.45, 7) is 4.77. The Labute approximate surface area is 204 Å². The lowest BCUT2D eigenvalue weighted by atomic mass is 10.1. The maximum Gasteiger partial charge on any atom is 0.261 e. The molecule has 1 amide bonds. The number of nitrogens with one attached hydrogen (secondary N) is 3. The Morgan fingerprint density at radius 1 is 1.06 bits per heavy atom. The zero-order valence-electron chi connectivity index (χ0n) is 18.9.